The first kappa shape index (κ1) is 18.9. The molecule has 2 aromatic carbocycles. The van der Waals surface area contributed by atoms with Gasteiger partial charge in [-0.1, -0.05) is 42.5 Å². The number of aromatic nitrogens is 1. The van der Waals surface area contributed by atoms with E-state index in [9.17, 15) is 9.59 Å². The maximum atomic E-state index is 13.6. The first-order chi connectivity index (χ1) is 14.5. The summed E-state index contributed by atoms with van der Waals surface area (Å²) < 4.78 is 0. The molecule has 1 fully saturated rings. The summed E-state index contributed by atoms with van der Waals surface area (Å²) in [5.74, 6) is 0.0368. The van der Waals surface area contributed by atoms with Crippen molar-refractivity contribution >= 4 is 22.6 Å². The van der Waals surface area contributed by atoms with Crippen molar-refractivity contribution in [3.05, 3.63) is 77.5 Å². The highest BCUT2D eigenvalue weighted by atomic mass is 16.2. The van der Waals surface area contributed by atoms with Gasteiger partial charge in [0, 0.05) is 43.3 Å². The second-order valence-corrected chi connectivity index (χ2v) is 8.56. The van der Waals surface area contributed by atoms with Crippen molar-refractivity contribution in [2.45, 2.75) is 26.4 Å². The Morgan fingerprint density at radius 1 is 1.03 bits per heavy atom. The Hall–Kier alpha value is -3.05. The van der Waals surface area contributed by atoms with E-state index in [1.54, 1.807) is 12.1 Å². The molecule has 0 N–H and O–H groups in total. The summed E-state index contributed by atoms with van der Waals surface area (Å²) in [4.78, 5) is 35.7. The molecule has 3 aromatic rings. The second-order valence-electron chi connectivity index (χ2n) is 8.56. The lowest BCUT2D eigenvalue weighted by molar-refractivity contribution is 0.0560. The van der Waals surface area contributed by atoms with Crippen LogP contribution in [0.25, 0.3) is 10.9 Å². The van der Waals surface area contributed by atoms with Crippen LogP contribution in [0.3, 0.4) is 0 Å². The number of hydrogen-bond donors (Lipinski definition) is 0. The van der Waals surface area contributed by atoms with E-state index in [1.807, 2.05) is 43.1 Å². The number of hydrogen-bond acceptors (Lipinski definition) is 4. The number of pyridine rings is 1. The fraction of sp³-hybridized carbons (Fsp3) is 0.320. The van der Waals surface area contributed by atoms with E-state index < -0.39 is 5.41 Å². The molecule has 0 spiro atoms. The molecule has 0 aliphatic carbocycles. The minimum absolute atomic E-state index is 0.0381. The Morgan fingerprint density at radius 2 is 1.80 bits per heavy atom. The van der Waals surface area contributed by atoms with Crippen LogP contribution in [0, 0.1) is 5.41 Å². The monoisotopic (exact) mass is 399 g/mol. The first-order valence-corrected chi connectivity index (χ1v) is 10.5. The summed E-state index contributed by atoms with van der Waals surface area (Å²) in [5, 5.41) is 1.12. The van der Waals surface area contributed by atoms with Gasteiger partial charge in [0.2, 0.25) is 0 Å². The van der Waals surface area contributed by atoms with Crippen molar-refractivity contribution < 1.29 is 9.59 Å². The van der Waals surface area contributed by atoms with Crippen molar-refractivity contribution in [2.24, 2.45) is 5.41 Å². The first-order valence-electron chi connectivity index (χ1n) is 10.5. The van der Waals surface area contributed by atoms with Crippen LogP contribution in [-0.2, 0) is 6.54 Å². The molecule has 5 heteroatoms. The van der Waals surface area contributed by atoms with Gasteiger partial charge in [0.1, 0.15) is 0 Å². The summed E-state index contributed by atoms with van der Waals surface area (Å²) in [6.07, 6.45) is 1.82. The number of benzene rings is 2. The summed E-state index contributed by atoms with van der Waals surface area (Å²) in [6, 6.07) is 17.4. The van der Waals surface area contributed by atoms with E-state index in [0.29, 0.717) is 37.3 Å². The van der Waals surface area contributed by atoms with Gasteiger partial charge in [0.05, 0.1) is 22.5 Å². The standard InChI is InChI=1S/C25H25N3O2/c1-3-28-21-15-27(14-18-9-6-8-17-10-7-13-26-22(17)18)16-25(21,2)23(29)19-11-4-5-12-20(19)24(28)30/h4-13,21H,3,14-16H2,1-2H3/t21-,25+/m1/s1. The van der Waals surface area contributed by atoms with Crippen LogP contribution < -0.4 is 0 Å². The quantitative estimate of drug-likeness (QED) is 0.673. The number of Topliss-reactive ketones (excluding diaryl/α,β-unsaturated/α-hetero) is 1. The van der Waals surface area contributed by atoms with Gasteiger partial charge in [0.25, 0.3) is 5.91 Å². The van der Waals surface area contributed by atoms with E-state index in [2.05, 4.69) is 34.1 Å². The molecule has 5 rings (SSSR count). The zero-order chi connectivity index (χ0) is 20.9. The molecule has 0 bridgehead atoms. The molecular formula is C25H25N3O2. The molecule has 152 valence electrons. The molecule has 1 amide bonds. The average Bonchev–Trinajstić information content (AvgIpc) is 3.08. The maximum Gasteiger partial charge on any atom is 0.254 e. The zero-order valence-electron chi connectivity index (χ0n) is 17.3. The van der Waals surface area contributed by atoms with Crippen LogP contribution in [-0.4, -0.2) is 52.2 Å². The normalized spacial score (nSPS) is 24.1. The van der Waals surface area contributed by atoms with Crippen LogP contribution in [0.15, 0.2) is 60.8 Å². The third-order valence-electron chi connectivity index (χ3n) is 6.73. The van der Waals surface area contributed by atoms with Gasteiger partial charge in [-0.25, -0.2) is 0 Å². The minimum atomic E-state index is -0.629. The number of rotatable bonds is 3. The molecule has 2 aliphatic heterocycles. The summed E-state index contributed by atoms with van der Waals surface area (Å²) in [5.41, 5.74) is 2.60. The minimum Gasteiger partial charge on any atom is -0.334 e. The Balaban J connectivity index is 1.53. The van der Waals surface area contributed by atoms with Gasteiger partial charge in [-0.2, -0.15) is 0 Å². The van der Waals surface area contributed by atoms with Gasteiger partial charge < -0.3 is 4.90 Å². The highest BCUT2D eigenvalue weighted by Crippen LogP contribution is 2.41. The smallest absolute Gasteiger partial charge is 0.254 e. The van der Waals surface area contributed by atoms with Crippen LogP contribution >= 0.6 is 0 Å². The predicted octanol–water partition coefficient (Wildman–Crippen LogP) is 3.78. The highest BCUT2D eigenvalue weighted by molar-refractivity contribution is 6.12. The number of para-hydroxylation sites is 1. The molecule has 0 unspecified atom stereocenters. The van der Waals surface area contributed by atoms with Gasteiger partial charge in [-0.15, -0.1) is 0 Å². The molecule has 1 saturated heterocycles. The summed E-state index contributed by atoms with van der Waals surface area (Å²) in [7, 11) is 0. The topological polar surface area (TPSA) is 53.5 Å². The van der Waals surface area contributed by atoms with Crippen LogP contribution in [0.2, 0.25) is 0 Å². The van der Waals surface area contributed by atoms with Gasteiger partial charge in [0.15, 0.2) is 5.78 Å². The van der Waals surface area contributed by atoms with Gasteiger partial charge >= 0.3 is 0 Å². The number of carbonyl (C=O) groups excluding carboxylic acids is 2. The Kier molecular flexibility index (Phi) is 4.44. The summed E-state index contributed by atoms with van der Waals surface area (Å²) in [6.45, 7) is 6.62. The third kappa shape index (κ3) is 2.76. The zero-order valence-corrected chi connectivity index (χ0v) is 17.3. The molecule has 5 nitrogen and oxygen atoms in total. The number of nitrogens with zero attached hydrogens (tertiary/aromatic N) is 3. The van der Waals surface area contributed by atoms with Gasteiger partial charge in [-0.3, -0.25) is 19.5 Å². The maximum absolute atomic E-state index is 13.6. The molecule has 2 aliphatic rings. The number of fused-ring (bicyclic) bond motifs is 3. The Labute approximate surface area is 176 Å². The molecule has 3 heterocycles. The molecule has 30 heavy (non-hydrogen) atoms. The van der Waals surface area contributed by atoms with Crippen LogP contribution in [0.5, 0.6) is 0 Å². The van der Waals surface area contributed by atoms with E-state index in [-0.39, 0.29) is 17.7 Å². The van der Waals surface area contributed by atoms with E-state index in [0.717, 1.165) is 16.5 Å². The molecular weight excluding hydrogens is 374 g/mol. The van der Waals surface area contributed by atoms with Crippen molar-refractivity contribution in [1.82, 2.24) is 14.8 Å². The Bertz CT molecular complexity index is 1150. The number of likely N-dealkylation sites (N-methyl/N-ethyl adjacent to an activating group) is 1. The van der Waals surface area contributed by atoms with Crippen molar-refractivity contribution in [3.8, 4) is 0 Å². The van der Waals surface area contributed by atoms with E-state index in [1.165, 1.54) is 0 Å². The molecule has 0 saturated carbocycles. The van der Waals surface area contributed by atoms with E-state index >= 15 is 0 Å². The SMILES string of the molecule is CCN1C(=O)c2ccccc2C(=O)[C@@]2(C)CN(Cc3cccc4cccnc34)C[C@@H]12. The van der Waals surface area contributed by atoms with Crippen LogP contribution in [0.1, 0.15) is 40.1 Å². The largest absolute Gasteiger partial charge is 0.334 e. The lowest BCUT2D eigenvalue weighted by atomic mass is 9.78. The van der Waals surface area contributed by atoms with E-state index in [4.69, 9.17) is 0 Å². The third-order valence-corrected chi connectivity index (χ3v) is 6.73. The molecule has 1 aromatic heterocycles. The van der Waals surface area contributed by atoms with Crippen molar-refractivity contribution in [1.29, 1.82) is 0 Å². The number of likely N-dealkylation sites (tertiary alicyclic amines) is 1. The second kappa shape index (κ2) is 7.03. The van der Waals surface area contributed by atoms with Gasteiger partial charge in [-0.05, 0) is 31.5 Å². The fourth-order valence-electron chi connectivity index (χ4n) is 5.24. The fourth-order valence-corrected chi connectivity index (χ4v) is 5.24. The number of ketones is 1. The molecule has 0 radical (unpaired) electrons. The Morgan fingerprint density at radius 3 is 2.60 bits per heavy atom. The highest BCUT2D eigenvalue weighted by Gasteiger charge is 2.54. The lowest BCUT2D eigenvalue weighted by Gasteiger charge is -2.34. The van der Waals surface area contributed by atoms with Crippen LogP contribution in [0.4, 0.5) is 0 Å². The molecule has 2 atom stereocenters. The van der Waals surface area contributed by atoms with Crippen molar-refractivity contribution in [2.75, 3.05) is 19.6 Å². The average molecular weight is 399 g/mol. The number of amides is 1. The number of carbonyl (C=O) groups is 2. The summed E-state index contributed by atoms with van der Waals surface area (Å²) >= 11 is 0. The predicted molar refractivity (Wildman–Crippen MR) is 116 cm³/mol. The van der Waals surface area contributed by atoms with Crippen molar-refractivity contribution in [3.63, 3.8) is 0 Å². The lowest BCUT2D eigenvalue weighted by Crippen LogP contribution is -2.49.